The Morgan fingerprint density at radius 2 is 1.79 bits per heavy atom. The van der Waals surface area contributed by atoms with Gasteiger partial charge in [0.1, 0.15) is 17.4 Å². The molecule has 7 heteroatoms. The summed E-state index contributed by atoms with van der Waals surface area (Å²) < 4.78 is 5.58. The summed E-state index contributed by atoms with van der Waals surface area (Å²) in [5.41, 5.74) is 4.68. The van der Waals surface area contributed by atoms with Crippen molar-refractivity contribution in [2.75, 3.05) is 17.2 Å². The lowest BCUT2D eigenvalue weighted by Gasteiger charge is -2.10. The second-order valence-corrected chi connectivity index (χ2v) is 8.22. The van der Waals surface area contributed by atoms with E-state index in [-0.39, 0.29) is 18.1 Å². The van der Waals surface area contributed by atoms with Crippen LogP contribution in [0.3, 0.4) is 0 Å². The molecule has 0 bridgehead atoms. The first kappa shape index (κ1) is 24.6. The van der Waals surface area contributed by atoms with E-state index in [2.05, 4.69) is 10.6 Å². The maximum absolute atomic E-state index is 12.6. The first-order valence-electron chi connectivity index (χ1n) is 10.5. The molecule has 0 unspecified atom stereocenters. The highest BCUT2D eigenvalue weighted by Gasteiger charge is 2.12. The molecule has 0 aliphatic carbocycles. The van der Waals surface area contributed by atoms with E-state index in [4.69, 9.17) is 16.3 Å². The van der Waals surface area contributed by atoms with Crippen molar-refractivity contribution in [2.45, 2.75) is 20.8 Å². The van der Waals surface area contributed by atoms with E-state index in [0.29, 0.717) is 27.7 Å². The molecule has 0 atom stereocenters. The van der Waals surface area contributed by atoms with Crippen LogP contribution in [0, 0.1) is 32.1 Å². The van der Waals surface area contributed by atoms with Gasteiger partial charge in [-0.15, -0.1) is 0 Å². The highest BCUT2D eigenvalue weighted by atomic mass is 35.5. The number of halogens is 1. The molecule has 2 amide bonds. The van der Waals surface area contributed by atoms with Gasteiger partial charge in [-0.3, -0.25) is 9.59 Å². The topological polar surface area (TPSA) is 91.2 Å². The van der Waals surface area contributed by atoms with Gasteiger partial charge in [0.2, 0.25) is 0 Å². The molecule has 0 aliphatic rings. The van der Waals surface area contributed by atoms with Crippen LogP contribution in [-0.4, -0.2) is 18.4 Å². The van der Waals surface area contributed by atoms with Crippen molar-refractivity contribution in [3.05, 3.63) is 93.5 Å². The zero-order valence-corrected chi connectivity index (χ0v) is 19.9. The summed E-state index contributed by atoms with van der Waals surface area (Å²) in [5, 5.41) is 15.6. The van der Waals surface area contributed by atoms with E-state index in [1.54, 1.807) is 36.4 Å². The molecular formula is C27H24ClN3O3. The molecule has 0 saturated heterocycles. The van der Waals surface area contributed by atoms with Gasteiger partial charge in [0.15, 0.2) is 6.61 Å². The summed E-state index contributed by atoms with van der Waals surface area (Å²) in [5.74, 6) is -0.416. The van der Waals surface area contributed by atoms with Crippen LogP contribution in [0.2, 0.25) is 5.02 Å². The highest BCUT2D eigenvalue weighted by Crippen LogP contribution is 2.21. The monoisotopic (exact) mass is 473 g/mol. The third-order valence-electron chi connectivity index (χ3n) is 4.99. The van der Waals surface area contributed by atoms with Crippen LogP contribution >= 0.6 is 11.6 Å². The van der Waals surface area contributed by atoms with E-state index in [1.165, 1.54) is 6.08 Å². The third kappa shape index (κ3) is 6.71. The van der Waals surface area contributed by atoms with Crippen molar-refractivity contribution >= 4 is 40.9 Å². The summed E-state index contributed by atoms with van der Waals surface area (Å²) in [4.78, 5) is 24.8. The lowest BCUT2D eigenvalue weighted by Crippen LogP contribution is -2.20. The van der Waals surface area contributed by atoms with E-state index >= 15 is 0 Å². The minimum atomic E-state index is -0.503. The van der Waals surface area contributed by atoms with Crippen LogP contribution in [0.15, 0.2) is 66.2 Å². The fraction of sp³-hybridized carbons (Fsp3) is 0.148. The number of carbonyl (C=O) groups is 2. The molecule has 0 aromatic heterocycles. The Morgan fingerprint density at radius 3 is 2.50 bits per heavy atom. The summed E-state index contributed by atoms with van der Waals surface area (Å²) in [6, 6.07) is 19.6. The maximum Gasteiger partial charge on any atom is 0.266 e. The van der Waals surface area contributed by atoms with Gasteiger partial charge < -0.3 is 15.4 Å². The fourth-order valence-electron chi connectivity index (χ4n) is 3.17. The zero-order valence-electron chi connectivity index (χ0n) is 19.1. The normalized spacial score (nSPS) is 10.9. The Kier molecular flexibility index (Phi) is 8.07. The average molecular weight is 474 g/mol. The number of benzene rings is 3. The smallest absolute Gasteiger partial charge is 0.266 e. The Hall–Kier alpha value is -4.08. The Labute approximate surface area is 203 Å². The number of hydrogen-bond donors (Lipinski definition) is 2. The standard InChI is InChI=1S/C27H24ClN3O3/c1-17-7-10-25(19(3)11-17)31-27(33)21(15-29)12-20-5-4-6-23(13-20)34-16-26(32)30-22-9-8-18(2)24(28)14-22/h4-14H,16H2,1-3H3,(H,30,32)(H,31,33)/b21-12+. The van der Waals surface area contributed by atoms with Gasteiger partial charge in [-0.05, 0) is 73.9 Å². The van der Waals surface area contributed by atoms with E-state index in [9.17, 15) is 14.9 Å². The second-order valence-electron chi connectivity index (χ2n) is 7.82. The molecule has 0 aliphatic heterocycles. The minimum Gasteiger partial charge on any atom is -0.484 e. The molecule has 3 aromatic carbocycles. The number of nitrogens with zero attached hydrogens (tertiary/aromatic N) is 1. The summed E-state index contributed by atoms with van der Waals surface area (Å²) in [6.07, 6.45) is 1.47. The van der Waals surface area contributed by atoms with E-state index < -0.39 is 5.91 Å². The largest absolute Gasteiger partial charge is 0.484 e. The van der Waals surface area contributed by atoms with Gasteiger partial charge in [0.25, 0.3) is 11.8 Å². The maximum atomic E-state index is 12.6. The number of nitrogens with one attached hydrogen (secondary N) is 2. The van der Waals surface area contributed by atoms with Gasteiger partial charge in [-0.1, -0.05) is 47.5 Å². The fourth-order valence-corrected chi connectivity index (χ4v) is 3.35. The molecule has 3 rings (SSSR count). The Bertz CT molecular complexity index is 1310. The lowest BCUT2D eigenvalue weighted by atomic mass is 10.1. The van der Waals surface area contributed by atoms with Gasteiger partial charge in [0, 0.05) is 16.4 Å². The number of amides is 2. The van der Waals surface area contributed by atoms with Crippen molar-refractivity contribution in [1.82, 2.24) is 0 Å². The van der Waals surface area contributed by atoms with E-state index in [0.717, 1.165) is 16.7 Å². The molecule has 0 saturated carbocycles. The quantitative estimate of drug-likeness (QED) is 0.333. The summed E-state index contributed by atoms with van der Waals surface area (Å²) >= 11 is 6.08. The van der Waals surface area contributed by atoms with Crippen LogP contribution in [0.4, 0.5) is 11.4 Å². The third-order valence-corrected chi connectivity index (χ3v) is 5.40. The number of anilines is 2. The highest BCUT2D eigenvalue weighted by molar-refractivity contribution is 6.31. The number of carbonyl (C=O) groups excluding carboxylic acids is 2. The SMILES string of the molecule is Cc1ccc(NC(=O)/C(C#N)=C/c2cccc(OCC(=O)Nc3ccc(C)c(Cl)c3)c2)c(C)c1. The average Bonchev–Trinajstić information content (AvgIpc) is 2.80. The van der Waals surface area contributed by atoms with Crippen LogP contribution in [0.5, 0.6) is 5.75 Å². The Balaban J connectivity index is 1.64. The zero-order chi connectivity index (χ0) is 24.7. The lowest BCUT2D eigenvalue weighted by molar-refractivity contribution is -0.118. The second kappa shape index (κ2) is 11.2. The van der Waals surface area contributed by atoms with E-state index in [1.807, 2.05) is 51.1 Å². The molecule has 0 heterocycles. The molecule has 0 spiro atoms. The van der Waals surface area contributed by atoms with Crippen LogP contribution < -0.4 is 15.4 Å². The first-order valence-corrected chi connectivity index (χ1v) is 10.9. The van der Waals surface area contributed by atoms with Crippen molar-refractivity contribution in [2.24, 2.45) is 0 Å². The molecule has 0 fully saturated rings. The van der Waals surface area contributed by atoms with Gasteiger partial charge >= 0.3 is 0 Å². The van der Waals surface area contributed by atoms with Crippen LogP contribution in [-0.2, 0) is 9.59 Å². The van der Waals surface area contributed by atoms with Gasteiger partial charge in [-0.2, -0.15) is 5.26 Å². The summed E-state index contributed by atoms with van der Waals surface area (Å²) in [6.45, 7) is 5.53. The predicted molar refractivity (Wildman–Crippen MR) is 135 cm³/mol. The van der Waals surface area contributed by atoms with Crippen molar-refractivity contribution in [1.29, 1.82) is 5.26 Å². The number of rotatable bonds is 7. The molecule has 34 heavy (non-hydrogen) atoms. The molecular weight excluding hydrogens is 450 g/mol. The minimum absolute atomic E-state index is 0.0499. The predicted octanol–water partition coefficient (Wildman–Crippen LogP) is 5.83. The van der Waals surface area contributed by atoms with Gasteiger partial charge in [-0.25, -0.2) is 0 Å². The van der Waals surface area contributed by atoms with Gasteiger partial charge in [0.05, 0.1) is 0 Å². The van der Waals surface area contributed by atoms with Crippen molar-refractivity contribution in [3.8, 4) is 11.8 Å². The molecule has 0 radical (unpaired) electrons. The number of ether oxygens (including phenoxy) is 1. The van der Waals surface area contributed by atoms with Crippen LogP contribution in [0.1, 0.15) is 22.3 Å². The number of hydrogen-bond acceptors (Lipinski definition) is 4. The molecule has 6 nitrogen and oxygen atoms in total. The Morgan fingerprint density at radius 1 is 1.00 bits per heavy atom. The summed E-state index contributed by atoms with van der Waals surface area (Å²) in [7, 11) is 0. The van der Waals surface area contributed by atoms with Crippen molar-refractivity contribution in [3.63, 3.8) is 0 Å². The molecule has 2 N–H and O–H groups in total. The first-order chi connectivity index (χ1) is 16.2. The van der Waals surface area contributed by atoms with Crippen LogP contribution in [0.25, 0.3) is 6.08 Å². The number of nitriles is 1. The molecule has 3 aromatic rings. The molecule has 172 valence electrons. The van der Waals surface area contributed by atoms with Crippen molar-refractivity contribution < 1.29 is 14.3 Å². The number of aryl methyl sites for hydroxylation is 3.